The quantitative estimate of drug-likeness (QED) is 0.378. The maximum atomic E-state index is 12.0. The summed E-state index contributed by atoms with van der Waals surface area (Å²) in [6.45, 7) is -0.144. The van der Waals surface area contributed by atoms with E-state index in [1.54, 1.807) is 24.3 Å². The fourth-order valence-electron chi connectivity index (χ4n) is 2.27. The molecule has 138 valence electrons. The first-order valence-electron chi connectivity index (χ1n) is 8.04. The molecule has 2 aromatic carbocycles. The standard InChI is InChI=1S/C19H14BrClN2O4/c20-14-3-1-2-13(10-14)19-22-17(27-23-19)11-26-18(25)9-8-16(24)12-4-6-15(21)7-5-12/h1-7,10H,8-9,11H2. The minimum Gasteiger partial charge on any atom is -0.456 e. The van der Waals surface area contributed by atoms with Gasteiger partial charge in [0.2, 0.25) is 5.82 Å². The van der Waals surface area contributed by atoms with Crippen molar-refractivity contribution in [2.24, 2.45) is 0 Å². The first-order valence-corrected chi connectivity index (χ1v) is 9.21. The molecule has 0 aliphatic heterocycles. The van der Waals surface area contributed by atoms with Gasteiger partial charge in [-0.3, -0.25) is 9.59 Å². The van der Waals surface area contributed by atoms with Crippen LogP contribution in [0.3, 0.4) is 0 Å². The maximum Gasteiger partial charge on any atom is 0.306 e. The lowest BCUT2D eigenvalue weighted by Crippen LogP contribution is -2.08. The van der Waals surface area contributed by atoms with E-state index < -0.39 is 5.97 Å². The van der Waals surface area contributed by atoms with Crippen LogP contribution in [0.5, 0.6) is 0 Å². The predicted molar refractivity (Wildman–Crippen MR) is 102 cm³/mol. The van der Waals surface area contributed by atoms with Crippen molar-refractivity contribution >= 4 is 39.3 Å². The number of esters is 1. The summed E-state index contributed by atoms with van der Waals surface area (Å²) >= 11 is 9.16. The number of halogens is 2. The summed E-state index contributed by atoms with van der Waals surface area (Å²) in [6, 6.07) is 13.9. The number of hydrogen-bond acceptors (Lipinski definition) is 6. The monoisotopic (exact) mass is 448 g/mol. The van der Waals surface area contributed by atoms with Crippen LogP contribution in [-0.2, 0) is 16.1 Å². The van der Waals surface area contributed by atoms with E-state index >= 15 is 0 Å². The van der Waals surface area contributed by atoms with Crippen LogP contribution in [0.2, 0.25) is 5.02 Å². The van der Waals surface area contributed by atoms with Crippen molar-refractivity contribution in [3.05, 3.63) is 69.5 Å². The molecule has 0 unspecified atom stereocenters. The lowest BCUT2D eigenvalue weighted by Gasteiger charge is -2.02. The van der Waals surface area contributed by atoms with Gasteiger partial charge in [-0.2, -0.15) is 4.98 Å². The molecule has 0 bridgehead atoms. The van der Waals surface area contributed by atoms with Crippen LogP contribution < -0.4 is 0 Å². The topological polar surface area (TPSA) is 82.3 Å². The fraction of sp³-hybridized carbons (Fsp3) is 0.158. The number of ketones is 1. The highest BCUT2D eigenvalue weighted by molar-refractivity contribution is 9.10. The van der Waals surface area contributed by atoms with Crippen LogP contribution in [0.25, 0.3) is 11.4 Å². The number of benzene rings is 2. The summed E-state index contributed by atoms with van der Waals surface area (Å²) in [5, 5.41) is 4.41. The van der Waals surface area contributed by atoms with Crippen LogP contribution in [0.4, 0.5) is 0 Å². The number of hydrogen-bond donors (Lipinski definition) is 0. The molecular formula is C19H14BrClN2O4. The fourth-order valence-corrected chi connectivity index (χ4v) is 2.79. The van der Waals surface area contributed by atoms with Crippen molar-refractivity contribution in [1.29, 1.82) is 0 Å². The van der Waals surface area contributed by atoms with Crippen molar-refractivity contribution in [2.45, 2.75) is 19.4 Å². The minimum absolute atomic E-state index is 0.0336. The third kappa shape index (κ3) is 5.48. The molecule has 0 saturated heterocycles. The largest absolute Gasteiger partial charge is 0.456 e. The highest BCUT2D eigenvalue weighted by Crippen LogP contribution is 2.20. The summed E-state index contributed by atoms with van der Waals surface area (Å²) < 4.78 is 11.1. The molecule has 0 N–H and O–H groups in total. The first kappa shape index (κ1) is 19.3. The molecule has 0 amide bonds. The number of carbonyl (C=O) groups is 2. The lowest BCUT2D eigenvalue weighted by atomic mass is 10.1. The average molecular weight is 450 g/mol. The van der Waals surface area contributed by atoms with Crippen LogP contribution in [-0.4, -0.2) is 21.9 Å². The molecule has 0 atom stereocenters. The Morgan fingerprint density at radius 1 is 1.11 bits per heavy atom. The van der Waals surface area contributed by atoms with E-state index in [1.165, 1.54) is 0 Å². The van der Waals surface area contributed by atoms with Gasteiger partial charge < -0.3 is 9.26 Å². The number of rotatable bonds is 7. The second kappa shape index (κ2) is 8.92. The number of aromatic nitrogens is 2. The maximum absolute atomic E-state index is 12.0. The number of nitrogens with zero attached hydrogens (tertiary/aromatic N) is 2. The van der Waals surface area contributed by atoms with Gasteiger partial charge in [0.15, 0.2) is 12.4 Å². The lowest BCUT2D eigenvalue weighted by molar-refractivity contribution is -0.145. The highest BCUT2D eigenvalue weighted by atomic mass is 79.9. The molecule has 3 rings (SSSR count). The Labute approximate surface area is 168 Å². The normalized spacial score (nSPS) is 10.6. The number of ether oxygens (including phenoxy) is 1. The second-order valence-corrected chi connectivity index (χ2v) is 6.96. The van der Waals surface area contributed by atoms with Gasteiger partial charge in [-0.25, -0.2) is 0 Å². The summed E-state index contributed by atoms with van der Waals surface area (Å²) in [5.74, 6) is -0.0829. The van der Waals surface area contributed by atoms with Gasteiger partial charge in [0.25, 0.3) is 5.89 Å². The van der Waals surface area contributed by atoms with Crippen molar-refractivity contribution in [3.63, 3.8) is 0 Å². The molecular weight excluding hydrogens is 436 g/mol. The Kier molecular flexibility index (Phi) is 6.36. The molecule has 1 heterocycles. The van der Waals surface area contributed by atoms with E-state index in [2.05, 4.69) is 26.1 Å². The predicted octanol–water partition coefficient (Wildman–Crippen LogP) is 4.86. The second-order valence-electron chi connectivity index (χ2n) is 5.61. The Bertz CT molecular complexity index is 956. The van der Waals surface area contributed by atoms with Crippen LogP contribution in [0.1, 0.15) is 29.1 Å². The molecule has 27 heavy (non-hydrogen) atoms. The van der Waals surface area contributed by atoms with Crippen molar-refractivity contribution in [3.8, 4) is 11.4 Å². The molecule has 6 nitrogen and oxygen atoms in total. The molecule has 0 radical (unpaired) electrons. The van der Waals surface area contributed by atoms with Crippen molar-refractivity contribution in [1.82, 2.24) is 10.1 Å². The van der Waals surface area contributed by atoms with E-state index in [4.69, 9.17) is 20.9 Å². The van der Waals surface area contributed by atoms with Crippen molar-refractivity contribution in [2.75, 3.05) is 0 Å². The summed E-state index contributed by atoms with van der Waals surface area (Å²) in [5.41, 5.74) is 1.28. The van der Waals surface area contributed by atoms with Gasteiger partial charge in [0.1, 0.15) is 0 Å². The molecule has 0 aliphatic carbocycles. The molecule has 0 spiro atoms. The molecule has 0 aliphatic rings. The Morgan fingerprint density at radius 3 is 2.63 bits per heavy atom. The number of carbonyl (C=O) groups excluding carboxylic acids is 2. The minimum atomic E-state index is -0.514. The summed E-state index contributed by atoms with van der Waals surface area (Å²) in [6.07, 6.45) is 0.0156. The summed E-state index contributed by atoms with van der Waals surface area (Å²) in [7, 11) is 0. The Morgan fingerprint density at radius 2 is 1.89 bits per heavy atom. The van der Waals surface area contributed by atoms with Crippen molar-refractivity contribution < 1.29 is 18.8 Å². The van der Waals surface area contributed by atoms with Gasteiger partial charge in [-0.1, -0.05) is 44.8 Å². The zero-order valence-corrected chi connectivity index (χ0v) is 16.4. The van der Waals surface area contributed by atoms with Gasteiger partial charge in [-0.05, 0) is 36.4 Å². The van der Waals surface area contributed by atoms with E-state index in [9.17, 15) is 9.59 Å². The van der Waals surface area contributed by atoms with E-state index in [0.717, 1.165) is 10.0 Å². The van der Waals surface area contributed by atoms with E-state index in [1.807, 2.05) is 24.3 Å². The molecule has 1 aromatic heterocycles. The first-order chi connectivity index (χ1) is 13.0. The van der Waals surface area contributed by atoms with Gasteiger partial charge in [0.05, 0.1) is 6.42 Å². The zero-order valence-electron chi connectivity index (χ0n) is 14.0. The van der Waals surface area contributed by atoms with Crippen LogP contribution in [0.15, 0.2) is 57.5 Å². The highest BCUT2D eigenvalue weighted by Gasteiger charge is 2.13. The van der Waals surface area contributed by atoms with E-state index in [-0.39, 0.29) is 31.1 Å². The van der Waals surface area contributed by atoms with Crippen LogP contribution in [0, 0.1) is 0 Å². The third-order valence-electron chi connectivity index (χ3n) is 3.63. The molecule has 3 aromatic rings. The van der Waals surface area contributed by atoms with Gasteiger partial charge in [-0.15, -0.1) is 0 Å². The Balaban J connectivity index is 1.48. The molecule has 0 saturated carbocycles. The van der Waals surface area contributed by atoms with Gasteiger partial charge >= 0.3 is 5.97 Å². The number of Topliss-reactive ketones (excluding diaryl/α,β-unsaturated/α-hetero) is 1. The molecule has 8 heteroatoms. The smallest absolute Gasteiger partial charge is 0.306 e. The van der Waals surface area contributed by atoms with E-state index in [0.29, 0.717) is 16.4 Å². The van der Waals surface area contributed by atoms with Crippen LogP contribution >= 0.6 is 27.5 Å². The van der Waals surface area contributed by atoms with Gasteiger partial charge in [0, 0.05) is 27.0 Å². The Hall–Kier alpha value is -2.51. The zero-order chi connectivity index (χ0) is 19.2. The molecule has 0 fully saturated rings. The average Bonchev–Trinajstić information content (AvgIpc) is 3.14. The SMILES string of the molecule is O=C(CCC(=O)c1ccc(Cl)cc1)OCc1nc(-c2cccc(Br)c2)no1. The summed E-state index contributed by atoms with van der Waals surface area (Å²) in [4.78, 5) is 28.1. The third-order valence-corrected chi connectivity index (χ3v) is 4.38.